The summed E-state index contributed by atoms with van der Waals surface area (Å²) in [5.41, 5.74) is 1.36. The van der Waals surface area contributed by atoms with Gasteiger partial charge in [0.05, 0.1) is 17.4 Å². The maximum absolute atomic E-state index is 12.8. The number of primary sulfonamides is 1. The highest BCUT2D eigenvalue weighted by Crippen LogP contribution is 2.25. The SMILES string of the molecule is Cc1cc(C(=O)N2CCSCC2CC(=O)O)cc(S(N)(=O)=O)c1C. The van der Waals surface area contributed by atoms with Gasteiger partial charge in [0.1, 0.15) is 0 Å². The number of amides is 1. The van der Waals surface area contributed by atoms with Gasteiger partial charge in [0.15, 0.2) is 0 Å². The van der Waals surface area contributed by atoms with E-state index in [1.807, 2.05) is 0 Å². The summed E-state index contributed by atoms with van der Waals surface area (Å²) in [6.45, 7) is 3.77. The van der Waals surface area contributed by atoms with Crippen LogP contribution in [-0.4, -0.2) is 54.4 Å². The first-order chi connectivity index (χ1) is 11.1. The maximum atomic E-state index is 12.8. The molecule has 3 N–H and O–H groups in total. The molecule has 0 spiro atoms. The first-order valence-corrected chi connectivity index (χ1v) is 10.1. The first kappa shape index (κ1) is 18.8. The molecule has 2 rings (SSSR count). The number of carboxylic acids is 1. The molecule has 1 aromatic carbocycles. The van der Waals surface area contributed by atoms with Gasteiger partial charge in [0, 0.05) is 23.6 Å². The fourth-order valence-electron chi connectivity index (χ4n) is 2.70. The number of rotatable bonds is 4. The normalized spacial score (nSPS) is 18.5. The molecule has 132 valence electrons. The van der Waals surface area contributed by atoms with E-state index < -0.39 is 22.0 Å². The fourth-order valence-corrected chi connectivity index (χ4v) is 4.65. The van der Waals surface area contributed by atoms with E-state index >= 15 is 0 Å². The summed E-state index contributed by atoms with van der Waals surface area (Å²) in [5, 5.41) is 14.3. The fraction of sp³-hybridized carbons (Fsp3) is 0.467. The summed E-state index contributed by atoms with van der Waals surface area (Å²) in [4.78, 5) is 25.3. The average molecular weight is 372 g/mol. The van der Waals surface area contributed by atoms with Crippen LogP contribution < -0.4 is 5.14 Å². The summed E-state index contributed by atoms with van der Waals surface area (Å²) in [6.07, 6.45) is -0.133. The molecule has 0 bridgehead atoms. The van der Waals surface area contributed by atoms with E-state index in [9.17, 15) is 18.0 Å². The predicted molar refractivity (Wildman–Crippen MR) is 91.7 cm³/mol. The van der Waals surface area contributed by atoms with Crippen molar-refractivity contribution in [1.82, 2.24) is 4.90 Å². The summed E-state index contributed by atoms with van der Waals surface area (Å²) in [7, 11) is -3.94. The molecule has 0 aromatic heterocycles. The Hall–Kier alpha value is -1.58. The van der Waals surface area contributed by atoms with Crippen LogP contribution in [0.5, 0.6) is 0 Å². The van der Waals surface area contributed by atoms with Gasteiger partial charge in [-0.05, 0) is 37.1 Å². The number of thioether (sulfide) groups is 1. The lowest BCUT2D eigenvalue weighted by Crippen LogP contribution is -2.47. The highest BCUT2D eigenvalue weighted by Gasteiger charge is 2.30. The molecule has 1 fully saturated rings. The van der Waals surface area contributed by atoms with Crippen LogP contribution in [0.1, 0.15) is 27.9 Å². The Morgan fingerprint density at radius 3 is 2.62 bits per heavy atom. The Morgan fingerprint density at radius 2 is 2.04 bits per heavy atom. The number of aryl methyl sites for hydroxylation is 1. The lowest BCUT2D eigenvalue weighted by Gasteiger charge is -2.34. The lowest BCUT2D eigenvalue weighted by molar-refractivity contribution is -0.138. The minimum absolute atomic E-state index is 0.0768. The number of carboxylic acid groups (broad SMARTS) is 1. The second-order valence-electron chi connectivity index (χ2n) is 5.79. The van der Waals surface area contributed by atoms with Gasteiger partial charge in [-0.3, -0.25) is 9.59 Å². The molecule has 1 aliphatic heterocycles. The van der Waals surface area contributed by atoms with E-state index in [2.05, 4.69) is 0 Å². The maximum Gasteiger partial charge on any atom is 0.305 e. The molecule has 7 nitrogen and oxygen atoms in total. The van der Waals surface area contributed by atoms with Crippen molar-refractivity contribution in [3.63, 3.8) is 0 Å². The smallest absolute Gasteiger partial charge is 0.305 e. The van der Waals surface area contributed by atoms with Gasteiger partial charge in [0.2, 0.25) is 10.0 Å². The van der Waals surface area contributed by atoms with Crippen molar-refractivity contribution in [3.8, 4) is 0 Å². The van der Waals surface area contributed by atoms with Crippen LogP contribution in [0.4, 0.5) is 0 Å². The standard InChI is InChI=1S/C15H20N2O5S2/c1-9-5-11(6-13(10(9)2)24(16,21)22)15(20)17-3-4-23-8-12(17)7-14(18)19/h5-6,12H,3-4,7-8H2,1-2H3,(H,18,19)(H2,16,21,22). The molecular weight excluding hydrogens is 352 g/mol. The number of nitrogens with two attached hydrogens (primary N) is 1. The molecule has 1 aromatic rings. The third kappa shape index (κ3) is 4.08. The van der Waals surface area contributed by atoms with Gasteiger partial charge in [-0.1, -0.05) is 0 Å². The zero-order chi connectivity index (χ0) is 18.1. The van der Waals surface area contributed by atoms with Crippen LogP contribution in [0.15, 0.2) is 17.0 Å². The van der Waals surface area contributed by atoms with Crippen LogP contribution in [0.2, 0.25) is 0 Å². The molecule has 1 atom stereocenters. The van der Waals surface area contributed by atoms with Crippen LogP contribution >= 0.6 is 11.8 Å². The Labute approximate surface area is 145 Å². The molecular formula is C15H20N2O5S2. The number of carbonyl (C=O) groups is 2. The third-order valence-electron chi connectivity index (χ3n) is 4.07. The molecule has 1 heterocycles. The molecule has 0 saturated carbocycles. The zero-order valence-electron chi connectivity index (χ0n) is 13.5. The molecule has 1 saturated heterocycles. The second-order valence-corrected chi connectivity index (χ2v) is 8.47. The Kier molecular flexibility index (Phi) is 5.56. The van der Waals surface area contributed by atoms with Gasteiger partial charge in [-0.15, -0.1) is 0 Å². The Morgan fingerprint density at radius 1 is 1.38 bits per heavy atom. The highest BCUT2D eigenvalue weighted by atomic mass is 32.2. The number of sulfonamides is 1. The molecule has 0 aliphatic carbocycles. The monoisotopic (exact) mass is 372 g/mol. The number of benzene rings is 1. The van der Waals surface area contributed by atoms with Gasteiger partial charge in [-0.2, -0.15) is 11.8 Å². The van der Waals surface area contributed by atoms with Crippen molar-refractivity contribution in [2.24, 2.45) is 5.14 Å². The van der Waals surface area contributed by atoms with Crippen molar-refractivity contribution < 1.29 is 23.1 Å². The molecule has 1 aliphatic rings. The lowest BCUT2D eigenvalue weighted by atomic mass is 10.0. The molecule has 24 heavy (non-hydrogen) atoms. The van der Waals surface area contributed by atoms with Crippen LogP contribution in [0.25, 0.3) is 0 Å². The van der Waals surface area contributed by atoms with Crippen molar-refractivity contribution in [2.75, 3.05) is 18.1 Å². The van der Waals surface area contributed by atoms with Gasteiger partial charge >= 0.3 is 5.97 Å². The first-order valence-electron chi connectivity index (χ1n) is 7.36. The summed E-state index contributed by atoms with van der Waals surface area (Å²) >= 11 is 1.60. The largest absolute Gasteiger partial charge is 0.481 e. The molecule has 1 unspecified atom stereocenters. The number of hydrogen-bond donors (Lipinski definition) is 2. The van der Waals surface area contributed by atoms with Crippen molar-refractivity contribution in [2.45, 2.75) is 31.2 Å². The number of aliphatic carboxylic acids is 1. The third-order valence-corrected chi connectivity index (χ3v) is 6.20. The number of carbonyl (C=O) groups excluding carboxylic acids is 1. The molecule has 9 heteroatoms. The van der Waals surface area contributed by atoms with E-state index in [-0.39, 0.29) is 22.8 Å². The summed E-state index contributed by atoms with van der Waals surface area (Å²) in [5.74, 6) is -0.0696. The number of hydrogen-bond acceptors (Lipinski definition) is 5. The van der Waals surface area contributed by atoms with E-state index in [4.69, 9.17) is 10.2 Å². The van der Waals surface area contributed by atoms with Crippen molar-refractivity contribution in [1.29, 1.82) is 0 Å². The Balaban J connectivity index is 2.41. The van der Waals surface area contributed by atoms with Crippen molar-refractivity contribution in [3.05, 3.63) is 28.8 Å². The highest BCUT2D eigenvalue weighted by molar-refractivity contribution is 7.99. The van der Waals surface area contributed by atoms with E-state index in [0.717, 1.165) is 5.75 Å². The average Bonchev–Trinajstić information content (AvgIpc) is 2.48. The van der Waals surface area contributed by atoms with Crippen LogP contribution in [-0.2, 0) is 14.8 Å². The van der Waals surface area contributed by atoms with Crippen LogP contribution in [0.3, 0.4) is 0 Å². The summed E-state index contributed by atoms with van der Waals surface area (Å²) < 4.78 is 23.5. The van der Waals surface area contributed by atoms with Gasteiger partial charge in [-0.25, -0.2) is 13.6 Å². The number of nitrogens with zero attached hydrogens (tertiary/aromatic N) is 1. The molecule has 1 amide bonds. The minimum atomic E-state index is -3.94. The Bertz CT molecular complexity index is 776. The molecule has 0 radical (unpaired) electrons. The van der Waals surface area contributed by atoms with E-state index in [0.29, 0.717) is 23.4 Å². The second kappa shape index (κ2) is 7.12. The predicted octanol–water partition coefficient (Wildman–Crippen LogP) is 0.983. The minimum Gasteiger partial charge on any atom is -0.481 e. The zero-order valence-corrected chi connectivity index (χ0v) is 15.1. The quantitative estimate of drug-likeness (QED) is 0.813. The van der Waals surface area contributed by atoms with E-state index in [1.54, 1.807) is 31.7 Å². The van der Waals surface area contributed by atoms with Crippen molar-refractivity contribution >= 4 is 33.7 Å². The van der Waals surface area contributed by atoms with E-state index in [1.165, 1.54) is 11.0 Å². The van der Waals surface area contributed by atoms with Gasteiger partial charge < -0.3 is 10.0 Å². The summed E-state index contributed by atoms with van der Waals surface area (Å²) in [6, 6.07) is 2.49. The topological polar surface area (TPSA) is 118 Å². The van der Waals surface area contributed by atoms with Crippen LogP contribution in [0, 0.1) is 13.8 Å². The van der Waals surface area contributed by atoms with Gasteiger partial charge in [0.25, 0.3) is 5.91 Å².